The van der Waals surface area contributed by atoms with Crippen molar-refractivity contribution in [3.8, 4) is 0 Å². The summed E-state index contributed by atoms with van der Waals surface area (Å²) in [5.74, 6) is -42.4. The van der Waals surface area contributed by atoms with Crippen molar-refractivity contribution >= 4 is 11.4 Å². The van der Waals surface area contributed by atoms with Gasteiger partial charge in [-0.3, -0.25) is 0 Å². The Morgan fingerprint density at radius 3 is 0.806 bits per heavy atom. The van der Waals surface area contributed by atoms with Crippen LogP contribution in [-0.4, -0.2) is 23.7 Å². The molecule has 0 amide bonds. The van der Waals surface area contributed by atoms with Crippen molar-refractivity contribution in [2.24, 2.45) is 0 Å². The highest BCUT2D eigenvalue weighted by Gasteiger charge is 2.90. The minimum absolute atomic E-state index is 0.164. The van der Waals surface area contributed by atoms with Crippen molar-refractivity contribution in [1.29, 1.82) is 0 Å². The lowest BCUT2D eigenvalue weighted by atomic mass is 9.86. The zero-order valence-corrected chi connectivity index (χ0v) is 19.0. The highest BCUT2D eigenvalue weighted by Crippen LogP contribution is 2.63. The molecule has 36 heavy (non-hydrogen) atoms. The van der Waals surface area contributed by atoms with Gasteiger partial charge in [-0.15, -0.1) is 0 Å². The number of alkyl halides is 12. The van der Waals surface area contributed by atoms with Gasteiger partial charge in [-0.2, -0.15) is 52.7 Å². The first-order valence-electron chi connectivity index (χ1n) is 9.90. The van der Waals surface area contributed by atoms with E-state index in [2.05, 4.69) is 0 Å². The Kier molecular flexibility index (Phi) is 6.84. The van der Waals surface area contributed by atoms with Crippen LogP contribution in [0.25, 0.3) is 0 Å². The standard InChI is InChI=1S/C22H20F12N2/c1-9-5-13(6-10(2)15(9)35)17(23,24)19(27,28)21(31,32)22(33,34)20(29,30)18(25,26)14-7-11(3)16(36)12(4)8-14/h5-8H,35-36H2,1-4H3. The highest BCUT2D eigenvalue weighted by molar-refractivity contribution is 5.56. The maximum atomic E-state index is 14.6. The van der Waals surface area contributed by atoms with Crippen LogP contribution < -0.4 is 11.5 Å². The number of aryl methyl sites for hydroxylation is 4. The summed E-state index contributed by atoms with van der Waals surface area (Å²) >= 11 is 0. The number of halogens is 12. The summed E-state index contributed by atoms with van der Waals surface area (Å²) in [4.78, 5) is 0. The minimum atomic E-state index is -7.68. The molecule has 2 aromatic carbocycles. The van der Waals surface area contributed by atoms with Gasteiger partial charge in [-0.25, -0.2) is 0 Å². The average molecular weight is 540 g/mol. The molecule has 2 nitrogen and oxygen atoms in total. The SMILES string of the molecule is Cc1cc(C(F)(F)C(F)(F)C(F)(F)C(F)(F)C(F)(F)C(F)(F)c2cc(C)c(N)c(C)c2)cc(C)c1N. The molecule has 4 N–H and O–H groups in total. The van der Waals surface area contributed by atoms with E-state index in [1.165, 1.54) is 0 Å². The number of nitrogens with two attached hydrogens (primary N) is 2. The molecular weight excluding hydrogens is 520 g/mol. The minimum Gasteiger partial charge on any atom is -0.398 e. The van der Waals surface area contributed by atoms with Crippen LogP contribution in [0.4, 0.5) is 64.1 Å². The van der Waals surface area contributed by atoms with Crippen LogP contribution in [0.2, 0.25) is 0 Å². The van der Waals surface area contributed by atoms with Crippen molar-refractivity contribution in [2.75, 3.05) is 11.5 Å². The van der Waals surface area contributed by atoms with Gasteiger partial charge in [0.25, 0.3) is 0 Å². The topological polar surface area (TPSA) is 52.0 Å². The molecule has 0 aromatic heterocycles. The summed E-state index contributed by atoms with van der Waals surface area (Å²) in [6, 6.07) is 0.655. The lowest BCUT2D eigenvalue weighted by Crippen LogP contribution is -2.69. The summed E-state index contributed by atoms with van der Waals surface area (Å²) in [5, 5.41) is 0. The molecule has 0 spiro atoms. The lowest BCUT2D eigenvalue weighted by molar-refractivity contribution is -0.429. The summed E-state index contributed by atoms with van der Waals surface area (Å²) < 4.78 is 173. The predicted octanol–water partition coefficient (Wildman–Crippen LogP) is 7.51. The van der Waals surface area contributed by atoms with Crippen LogP contribution in [0.15, 0.2) is 24.3 Å². The third kappa shape index (κ3) is 3.83. The predicted molar refractivity (Wildman–Crippen MR) is 108 cm³/mol. The van der Waals surface area contributed by atoms with Crippen molar-refractivity contribution in [2.45, 2.75) is 63.2 Å². The van der Waals surface area contributed by atoms with Gasteiger partial charge in [-0.1, -0.05) is 0 Å². The van der Waals surface area contributed by atoms with Crippen LogP contribution in [0.5, 0.6) is 0 Å². The maximum Gasteiger partial charge on any atom is 0.385 e. The molecule has 0 bridgehead atoms. The van der Waals surface area contributed by atoms with Gasteiger partial charge in [0.2, 0.25) is 0 Å². The Balaban J connectivity index is 2.70. The Morgan fingerprint density at radius 1 is 0.417 bits per heavy atom. The van der Waals surface area contributed by atoms with Crippen LogP contribution in [0.1, 0.15) is 33.4 Å². The molecule has 0 aliphatic rings. The monoisotopic (exact) mass is 540 g/mol. The van der Waals surface area contributed by atoms with Crippen LogP contribution in [-0.2, 0) is 11.8 Å². The molecule has 0 atom stereocenters. The quantitative estimate of drug-likeness (QED) is 0.282. The zero-order valence-electron chi connectivity index (χ0n) is 19.0. The first-order valence-corrected chi connectivity index (χ1v) is 9.90. The van der Waals surface area contributed by atoms with Gasteiger partial charge >= 0.3 is 35.5 Å². The second-order valence-corrected chi connectivity index (χ2v) is 8.49. The van der Waals surface area contributed by atoms with Crippen LogP contribution in [0.3, 0.4) is 0 Å². The molecule has 2 aromatic rings. The van der Waals surface area contributed by atoms with Crippen molar-refractivity contribution in [3.63, 3.8) is 0 Å². The Hall–Kier alpha value is -2.80. The van der Waals surface area contributed by atoms with E-state index in [9.17, 15) is 52.7 Å². The first-order chi connectivity index (χ1) is 15.9. The lowest BCUT2D eigenvalue weighted by Gasteiger charge is -2.41. The number of nitrogen functional groups attached to an aromatic ring is 2. The fourth-order valence-electron chi connectivity index (χ4n) is 3.46. The van der Waals surface area contributed by atoms with E-state index in [0.29, 0.717) is 0 Å². The molecule has 0 fully saturated rings. The average Bonchev–Trinajstić information content (AvgIpc) is 2.74. The molecule has 0 aliphatic heterocycles. The van der Waals surface area contributed by atoms with Gasteiger partial charge in [0.15, 0.2) is 0 Å². The fraction of sp³-hybridized carbons (Fsp3) is 0.455. The normalized spacial score (nSPS) is 14.3. The van der Waals surface area contributed by atoms with Crippen molar-refractivity contribution < 1.29 is 52.7 Å². The van der Waals surface area contributed by atoms with Gasteiger partial charge in [0.05, 0.1) is 0 Å². The smallest absolute Gasteiger partial charge is 0.385 e. The van der Waals surface area contributed by atoms with Crippen LogP contribution >= 0.6 is 0 Å². The van der Waals surface area contributed by atoms with Gasteiger partial charge in [0, 0.05) is 22.5 Å². The number of hydrogen-bond donors (Lipinski definition) is 2. The van der Waals surface area contributed by atoms with Gasteiger partial charge < -0.3 is 11.5 Å². The molecule has 0 saturated heterocycles. The molecule has 2 rings (SSSR count). The van der Waals surface area contributed by atoms with Gasteiger partial charge in [-0.05, 0) is 74.2 Å². The van der Waals surface area contributed by atoms with E-state index in [1.807, 2.05) is 0 Å². The zero-order chi connectivity index (χ0) is 28.4. The second-order valence-electron chi connectivity index (χ2n) is 8.49. The van der Waals surface area contributed by atoms with Crippen molar-refractivity contribution in [3.05, 3.63) is 57.6 Å². The maximum absolute atomic E-state index is 14.6. The summed E-state index contributed by atoms with van der Waals surface area (Å²) in [6.07, 6.45) is 0. The molecule has 0 heterocycles. The largest absolute Gasteiger partial charge is 0.398 e. The van der Waals surface area contributed by atoms with E-state index in [0.717, 1.165) is 27.7 Å². The Labute approximate surface area is 197 Å². The number of rotatable bonds is 7. The fourth-order valence-corrected chi connectivity index (χ4v) is 3.46. The number of hydrogen-bond acceptors (Lipinski definition) is 2. The van der Waals surface area contributed by atoms with Crippen LogP contribution in [0, 0.1) is 27.7 Å². The molecular formula is C22H20F12N2. The van der Waals surface area contributed by atoms with E-state index in [-0.39, 0.29) is 57.9 Å². The first kappa shape index (κ1) is 29.4. The van der Waals surface area contributed by atoms with Gasteiger partial charge in [0.1, 0.15) is 0 Å². The third-order valence-corrected chi connectivity index (χ3v) is 5.88. The molecule has 202 valence electrons. The molecule has 0 aliphatic carbocycles. The Morgan fingerprint density at radius 2 is 0.611 bits per heavy atom. The summed E-state index contributed by atoms with van der Waals surface area (Å²) in [5.41, 5.74) is 5.15. The van der Waals surface area contributed by atoms with Crippen molar-refractivity contribution in [1.82, 2.24) is 0 Å². The molecule has 0 radical (unpaired) electrons. The number of benzene rings is 2. The van der Waals surface area contributed by atoms with E-state index in [4.69, 9.17) is 11.5 Å². The molecule has 0 unspecified atom stereocenters. The summed E-state index contributed by atoms with van der Waals surface area (Å²) in [7, 11) is 0. The van der Waals surface area contributed by atoms with E-state index in [1.54, 1.807) is 0 Å². The third-order valence-electron chi connectivity index (χ3n) is 5.88. The molecule has 14 heteroatoms. The van der Waals surface area contributed by atoms with E-state index < -0.39 is 46.7 Å². The Bertz CT molecular complexity index is 1030. The summed E-state index contributed by atoms with van der Waals surface area (Å²) in [6.45, 7) is 3.99. The second kappa shape index (κ2) is 8.37. The molecule has 0 saturated carbocycles. The van der Waals surface area contributed by atoms with E-state index >= 15 is 0 Å². The number of anilines is 2. The highest BCUT2D eigenvalue weighted by atomic mass is 19.4.